The SMILES string of the molecule is CON(C)C(=O)CN1CCN(CCCSC(c2ccccc2)(c2ccccc2)c2ccccc2)CC1.O=C(O)CN1CCN(CCCSC(c2ccccc2)(c2ccccc2)c2ccccc2)CC1.O=CCN1CCN(CCCSC(c2ccccc2)(c2ccccc2)c2ccccc2)CC1. The molecule has 1 N–H and O–H groups in total. The summed E-state index contributed by atoms with van der Waals surface area (Å²) in [5.74, 6) is 2.43. The fraction of sp³-hybridized carbons (Fsp3) is 0.337. The lowest BCUT2D eigenvalue weighted by atomic mass is 9.84. The number of piperazine rings is 3. The second-order valence-electron chi connectivity index (χ2n) is 26.0. The molecule has 15 heteroatoms. The zero-order valence-electron chi connectivity index (χ0n) is 59.0. The Morgan fingerprint density at radius 2 is 0.564 bits per heavy atom. The number of carbonyl (C=O) groups is 3. The van der Waals surface area contributed by atoms with Gasteiger partial charge in [-0.15, -0.1) is 35.3 Å². The van der Waals surface area contributed by atoms with Gasteiger partial charge in [0.05, 0.1) is 41.0 Å². The van der Waals surface area contributed by atoms with E-state index in [-0.39, 0.29) is 26.7 Å². The lowest BCUT2D eigenvalue weighted by Crippen LogP contribution is -2.49. The monoisotopic (exact) mass is 1410 g/mol. The van der Waals surface area contributed by atoms with Gasteiger partial charge in [-0.2, -0.15) is 0 Å². The van der Waals surface area contributed by atoms with Crippen LogP contribution in [0.1, 0.15) is 69.3 Å². The topological polar surface area (TPSA) is 103 Å². The Labute approximate surface area is 614 Å². The molecule has 3 heterocycles. The number of hydroxylamine groups is 2. The van der Waals surface area contributed by atoms with Gasteiger partial charge in [0.15, 0.2) is 0 Å². The number of benzene rings is 9. The summed E-state index contributed by atoms with van der Waals surface area (Å²) < 4.78 is -0.743. The summed E-state index contributed by atoms with van der Waals surface area (Å²) >= 11 is 6.08. The first kappa shape index (κ1) is 76.0. The molecule has 101 heavy (non-hydrogen) atoms. The predicted octanol–water partition coefficient (Wildman–Crippen LogP) is 14.5. The molecule has 0 saturated carbocycles. The van der Waals surface area contributed by atoms with E-state index in [2.05, 4.69) is 297 Å². The second-order valence-corrected chi connectivity index (χ2v) is 29.9. The Bertz CT molecular complexity index is 3490. The Hall–Kier alpha value is -7.64. The Morgan fingerprint density at radius 1 is 0.356 bits per heavy atom. The van der Waals surface area contributed by atoms with Gasteiger partial charge in [-0.3, -0.25) is 29.1 Å². The molecule has 0 aliphatic carbocycles. The minimum Gasteiger partial charge on any atom is -0.480 e. The summed E-state index contributed by atoms with van der Waals surface area (Å²) in [4.78, 5) is 52.8. The third kappa shape index (κ3) is 21.0. The fourth-order valence-corrected chi connectivity index (χ4v) is 18.5. The Balaban J connectivity index is 0.000000164. The third-order valence-corrected chi connectivity index (χ3v) is 24.4. The maximum atomic E-state index is 12.1. The van der Waals surface area contributed by atoms with Crippen molar-refractivity contribution >= 4 is 53.4 Å². The molecular formula is C86H101N7O5S3. The number of carboxylic acids is 1. The minimum atomic E-state index is -0.737. The van der Waals surface area contributed by atoms with Crippen molar-refractivity contribution in [2.75, 3.05) is 149 Å². The van der Waals surface area contributed by atoms with E-state index in [0.29, 0.717) is 13.1 Å². The summed E-state index contributed by atoms with van der Waals surface area (Å²) in [5.41, 5.74) is 11.8. The van der Waals surface area contributed by atoms with Crippen LogP contribution < -0.4 is 0 Å². The first-order chi connectivity index (χ1) is 49.6. The molecule has 3 fully saturated rings. The number of amides is 1. The van der Waals surface area contributed by atoms with E-state index in [0.717, 1.165) is 141 Å². The van der Waals surface area contributed by atoms with Gasteiger partial charge in [-0.05, 0) is 106 Å². The largest absolute Gasteiger partial charge is 0.480 e. The van der Waals surface area contributed by atoms with Crippen LogP contribution in [0.15, 0.2) is 273 Å². The maximum Gasteiger partial charge on any atom is 0.317 e. The highest BCUT2D eigenvalue weighted by Crippen LogP contribution is 2.51. The van der Waals surface area contributed by atoms with Gasteiger partial charge in [0.1, 0.15) is 6.29 Å². The fourth-order valence-electron chi connectivity index (χ4n) is 14.1. The molecule has 0 unspecified atom stereocenters. The third-order valence-electron chi connectivity index (χ3n) is 19.5. The van der Waals surface area contributed by atoms with E-state index in [1.165, 1.54) is 62.2 Å². The van der Waals surface area contributed by atoms with Crippen LogP contribution in [-0.2, 0) is 33.5 Å². The second kappa shape index (κ2) is 40.3. The normalized spacial score (nSPS) is 15.3. The van der Waals surface area contributed by atoms with E-state index in [9.17, 15) is 14.4 Å². The Kier molecular flexibility index (Phi) is 30.3. The number of likely N-dealkylation sites (N-methyl/N-ethyl adjacent to an activating group) is 1. The number of aldehydes is 1. The molecule has 3 aliphatic heterocycles. The number of carbonyl (C=O) groups excluding carboxylic acids is 2. The number of nitrogens with zero attached hydrogens (tertiary/aromatic N) is 7. The van der Waals surface area contributed by atoms with Crippen molar-refractivity contribution in [1.82, 2.24) is 34.5 Å². The highest BCUT2D eigenvalue weighted by atomic mass is 32.2. The molecule has 528 valence electrons. The van der Waals surface area contributed by atoms with Crippen LogP contribution >= 0.6 is 35.3 Å². The lowest BCUT2D eigenvalue weighted by molar-refractivity contribution is -0.170. The van der Waals surface area contributed by atoms with Gasteiger partial charge >= 0.3 is 5.97 Å². The lowest BCUT2D eigenvalue weighted by Gasteiger charge is -2.36. The first-order valence-corrected chi connectivity index (χ1v) is 38.8. The average molecular weight is 1410 g/mol. The van der Waals surface area contributed by atoms with Crippen LogP contribution in [0.5, 0.6) is 0 Å². The number of aliphatic carboxylic acids is 1. The highest BCUT2D eigenvalue weighted by molar-refractivity contribution is 8.01. The molecule has 0 radical (unpaired) electrons. The van der Waals surface area contributed by atoms with Crippen molar-refractivity contribution in [1.29, 1.82) is 0 Å². The van der Waals surface area contributed by atoms with E-state index in [1.54, 1.807) is 7.05 Å². The van der Waals surface area contributed by atoms with Crippen molar-refractivity contribution in [2.45, 2.75) is 33.5 Å². The molecule has 0 spiro atoms. The van der Waals surface area contributed by atoms with E-state index >= 15 is 0 Å². The van der Waals surface area contributed by atoms with Crippen molar-refractivity contribution in [3.8, 4) is 0 Å². The number of thioether (sulfide) groups is 3. The standard InChI is InChI=1S/C30H37N3O2S.C28H32N2O2S.C28H32N2OS/c1-31(35-2)29(34)25-33-22-20-32(21-23-33)19-12-24-36-30(26-13-6-3-7-14-26,27-15-8-4-9-16-27)28-17-10-5-11-18-28;31-27(32)23-30-20-18-29(19-21-30)17-10-22-33-28(24-11-4-1-5-12-24,25-13-6-2-7-14-25)26-15-8-3-9-16-26;31-23-22-30-20-18-29(19-21-30)17-10-24-32-28(25-11-4-1-5-12-25,26-13-6-2-7-14-26)27-15-8-3-9-16-27/h3-11,13-18H,12,19-25H2,1-2H3;1-9,11-16H,10,17-23H2,(H,31,32);1-9,11-16,23H,10,17-22,24H2. The van der Waals surface area contributed by atoms with Crippen molar-refractivity contribution in [2.24, 2.45) is 0 Å². The summed E-state index contributed by atoms with van der Waals surface area (Å²) in [6, 6.07) is 98.0. The maximum absolute atomic E-state index is 12.1. The molecule has 0 atom stereocenters. The van der Waals surface area contributed by atoms with Gasteiger partial charge in [-0.1, -0.05) is 273 Å². The van der Waals surface area contributed by atoms with Crippen LogP contribution in [0.4, 0.5) is 0 Å². The zero-order chi connectivity index (χ0) is 70.2. The molecule has 1 amide bonds. The Morgan fingerprint density at radius 3 is 0.772 bits per heavy atom. The highest BCUT2D eigenvalue weighted by Gasteiger charge is 2.40. The summed E-state index contributed by atoms with van der Waals surface area (Å²) in [6.07, 6.45) is 4.37. The molecule has 9 aromatic carbocycles. The van der Waals surface area contributed by atoms with E-state index in [4.69, 9.17) is 9.94 Å². The molecule has 3 saturated heterocycles. The number of rotatable bonds is 31. The molecule has 3 aliphatic rings. The smallest absolute Gasteiger partial charge is 0.317 e. The van der Waals surface area contributed by atoms with Gasteiger partial charge in [0, 0.05) is 85.6 Å². The van der Waals surface area contributed by atoms with E-state index in [1.807, 2.05) is 40.2 Å². The zero-order valence-corrected chi connectivity index (χ0v) is 61.4. The van der Waals surface area contributed by atoms with Gasteiger partial charge in [0.25, 0.3) is 5.91 Å². The minimum absolute atomic E-state index is 0.00132. The average Bonchev–Trinajstić information content (AvgIpc) is 0.774. The van der Waals surface area contributed by atoms with Crippen molar-refractivity contribution in [3.63, 3.8) is 0 Å². The number of hydrogen-bond donors (Lipinski definition) is 1. The number of hydrogen-bond acceptors (Lipinski definition) is 13. The van der Waals surface area contributed by atoms with Crippen LogP contribution in [0.3, 0.4) is 0 Å². The van der Waals surface area contributed by atoms with Gasteiger partial charge in [-0.25, -0.2) is 5.06 Å². The number of carboxylic acid groups (broad SMARTS) is 1. The van der Waals surface area contributed by atoms with Gasteiger partial charge < -0.3 is 24.6 Å². The van der Waals surface area contributed by atoms with Crippen molar-refractivity contribution in [3.05, 3.63) is 323 Å². The first-order valence-electron chi connectivity index (χ1n) is 35.9. The van der Waals surface area contributed by atoms with E-state index < -0.39 is 5.97 Å². The summed E-state index contributed by atoms with van der Waals surface area (Å²) in [5, 5.41) is 10.3. The molecule has 12 nitrogen and oxygen atoms in total. The van der Waals surface area contributed by atoms with Crippen LogP contribution in [-0.4, -0.2) is 207 Å². The summed E-state index contributed by atoms with van der Waals surface area (Å²) in [7, 11) is 3.19. The molecule has 9 aromatic rings. The van der Waals surface area contributed by atoms with Crippen molar-refractivity contribution < 1.29 is 24.3 Å². The van der Waals surface area contributed by atoms with Crippen LogP contribution in [0, 0.1) is 0 Å². The van der Waals surface area contributed by atoms with Crippen LogP contribution in [0.25, 0.3) is 0 Å². The predicted molar refractivity (Wildman–Crippen MR) is 421 cm³/mol. The molecular weight excluding hydrogens is 1310 g/mol. The molecule has 0 aromatic heterocycles. The molecule has 12 rings (SSSR count). The summed E-state index contributed by atoms with van der Waals surface area (Å²) in [6.45, 7) is 15.8. The van der Waals surface area contributed by atoms with Gasteiger partial charge in [0.2, 0.25) is 0 Å². The molecule has 0 bridgehead atoms. The quantitative estimate of drug-likeness (QED) is 0.0193. The van der Waals surface area contributed by atoms with Crippen LogP contribution in [0.2, 0.25) is 0 Å².